The summed E-state index contributed by atoms with van der Waals surface area (Å²) >= 11 is 0. The van der Waals surface area contributed by atoms with Crippen LogP contribution < -0.4 is 5.32 Å². The summed E-state index contributed by atoms with van der Waals surface area (Å²) in [5.41, 5.74) is 3.50. The molecule has 1 amide bonds. The molecular formula is C20H19N5O. The van der Waals surface area contributed by atoms with Crippen molar-refractivity contribution >= 4 is 16.9 Å². The molecule has 6 nitrogen and oxygen atoms in total. The molecule has 1 unspecified atom stereocenters. The Kier molecular flexibility index (Phi) is 4.23. The molecule has 0 bridgehead atoms. The monoisotopic (exact) mass is 345 g/mol. The van der Waals surface area contributed by atoms with E-state index < -0.39 is 0 Å². The third-order valence-electron chi connectivity index (χ3n) is 4.29. The standard InChI is InChI=1S/C20H19N5O/c1-25-13-15(12-21-25)20(26)24-18(11-14-7-3-2-4-8-14)19-22-16-9-5-6-10-17(16)23-19/h2-10,12-13,18H,11H2,1H3,(H,22,23)(H,24,26). The van der Waals surface area contributed by atoms with Gasteiger partial charge in [0.25, 0.3) is 5.91 Å². The quantitative estimate of drug-likeness (QED) is 0.584. The second kappa shape index (κ2) is 6.84. The highest BCUT2D eigenvalue weighted by atomic mass is 16.1. The molecule has 0 saturated carbocycles. The molecule has 0 aliphatic rings. The number of carbonyl (C=O) groups excluding carboxylic acids is 1. The predicted molar refractivity (Wildman–Crippen MR) is 99.7 cm³/mol. The lowest BCUT2D eigenvalue weighted by Crippen LogP contribution is -2.30. The molecular weight excluding hydrogens is 326 g/mol. The summed E-state index contributed by atoms with van der Waals surface area (Å²) in [5, 5.41) is 7.16. The van der Waals surface area contributed by atoms with E-state index in [0.717, 1.165) is 22.4 Å². The molecule has 2 aromatic heterocycles. The smallest absolute Gasteiger partial charge is 0.255 e. The molecule has 1 atom stereocenters. The van der Waals surface area contributed by atoms with Gasteiger partial charge in [-0.15, -0.1) is 0 Å². The number of aryl methyl sites for hydroxylation is 1. The number of benzene rings is 2. The molecule has 6 heteroatoms. The van der Waals surface area contributed by atoms with Gasteiger partial charge in [-0.3, -0.25) is 9.48 Å². The SMILES string of the molecule is Cn1cc(C(=O)NC(Cc2ccccc2)c2nc3ccccc3[nH]2)cn1. The summed E-state index contributed by atoms with van der Waals surface area (Å²) in [4.78, 5) is 20.6. The first kappa shape index (κ1) is 16.1. The number of imidazole rings is 1. The zero-order valence-electron chi connectivity index (χ0n) is 14.4. The van der Waals surface area contributed by atoms with E-state index in [9.17, 15) is 4.79 Å². The van der Waals surface area contributed by atoms with Crippen molar-refractivity contribution in [3.05, 3.63) is 83.9 Å². The van der Waals surface area contributed by atoms with Gasteiger partial charge in [-0.25, -0.2) is 4.98 Å². The maximum absolute atomic E-state index is 12.6. The van der Waals surface area contributed by atoms with E-state index in [2.05, 4.69) is 20.4 Å². The summed E-state index contributed by atoms with van der Waals surface area (Å²) in [7, 11) is 1.79. The van der Waals surface area contributed by atoms with Crippen molar-refractivity contribution in [2.24, 2.45) is 7.05 Å². The van der Waals surface area contributed by atoms with Crippen molar-refractivity contribution in [2.45, 2.75) is 12.5 Å². The Labute approximate surface area is 150 Å². The van der Waals surface area contributed by atoms with Gasteiger partial charge in [-0.1, -0.05) is 42.5 Å². The minimum atomic E-state index is -0.266. The Balaban J connectivity index is 1.65. The summed E-state index contributed by atoms with van der Waals surface area (Å²) in [6, 6.07) is 17.6. The number of nitrogens with one attached hydrogen (secondary N) is 2. The maximum atomic E-state index is 12.6. The van der Waals surface area contributed by atoms with Crippen LogP contribution in [0.5, 0.6) is 0 Å². The molecule has 2 heterocycles. The minimum absolute atomic E-state index is 0.167. The molecule has 26 heavy (non-hydrogen) atoms. The second-order valence-corrected chi connectivity index (χ2v) is 6.26. The third-order valence-corrected chi connectivity index (χ3v) is 4.29. The Morgan fingerprint density at radius 1 is 1.15 bits per heavy atom. The summed E-state index contributed by atoms with van der Waals surface area (Å²) in [6.45, 7) is 0. The van der Waals surface area contributed by atoms with Gasteiger partial charge in [0.15, 0.2) is 0 Å². The van der Waals surface area contributed by atoms with E-state index in [1.807, 2.05) is 54.6 Å². The highest BCUT2D eigenvalue weighted by molar-refractivity contribution is 5.94. The minimum Gasteiger partial charge on any atom is -0.342 e. The lowest BCUT2D eigenvalue weighted by Gasteiger charge is -2.16. The van der Waals surface area contributed by atoms with E-state index in [1.54, 1.807) is 24.1 Å². The second-order valence-electron chi connectivity index (χ2n) is 6.26. The maximum Gasteiger partial charge on any atom is 0.255 e. The molecule has 130 valence electrons. The van der Waals surface area contributed by atoms with E-state index in [0.29, 0.717) is 12.0 Å². The average molecular weight is 345 g/mol. The number of hydrogen-bond acceptors (Lipinski definition) is 3. The van der Waals surface area contributed by atoms with Gasteiger partial charge in [0.2, 0.25) is 0 Å². The van der Waals surface area contributed by atoms with Crippen molar-refractivity contribution in [3.63, 3.8) is 0 Å². The van der Waals surface area contributed by atoms with Crippen LogP contribution in [-0.2, 0) is 13.5 Å². The fraction of sp³-hybridized carbons (Fsp3) is 0.150. The first-order chi connectivity index (χ1) is 12.7. The van der Waals surface area contributed by atoms with Gasteiger partial charge in [0, 0.05) is 13.2 Å². The number of aromatic nitrogens is 4. The van der Waals surface area contributed by atoms with E-state index in [1.165, 1.54) is 0 Å². The number of carbonyl (C=O) groups is 1. The van der Waals surface area contributed by atoms with E-state index >= 15 is 0 Å². The lowest BCUT2D eigenvalue weighted by atomic mass is 10.1. The molecule has 0 saturated heterocycles. The zero-order chi connectivity index (χ0) is 17.9. The summed E-state index contributed by atoms with van der Waals surface area (Å²) < 4.78 is 1.61. The summed E-state index contributed by atoms with van der Waals surface area (Å²) in [5.74, 6) is 0.576. The van der Waals surface area contributed by atoms with Crippen molar-refractivity contribution in [1.82, 2.24) is 25.1 Å². The van der Waals surface area contributed by atoms with E-state index in [-0.39, 0.29) is 11.9 Å². The first-order valence-electron chi connectivity index (χ1n) is 8.47. The van der Waals surface area contributed by atoms with Crippen molar-refractivity contribution in [1.29, 1.82) is 0 Å². The molecule has 4 aromatic rings. The molecule has 0 fully saturated rings. The first-order valence-corrected chi connectivity index (χ1v) is 8.47. The van der Waals surface area contributed by atoms with Crippen LogP contribution in [0.3, 0.4) is 0 Å². The van der Waals surface area contributed by atoms with Crippen LogP contribution >= 0.6 is 0 Å². The third kappa shape index (κ3) is 3.35. The fourth-order valence-corrected chi connectivity index (χ4v) is 2.98. The Morgan fingerprint density at radius 2 is 1.92 bits per heavy atom. The van der Waals surface area contributed by atoms with Crippen LogP contribution in [0, 0.1) is 0 Å². The van der Waals surface area contributed by atoms with Gasteiger partial charge < -0.3 is 10.3 Å². The normalized spacial score (nSPS) is 12.2. The van der Waals surface area contributed by atoms with Gasteiger partial charge in [-0.05, 0) is 24.1 Å². The highest BCUT2D eigenvalue weighted by Gasteiger charge is 2.20. The van der Waals surface area contributed by atoms with Crippen molar-refractivity contribution in [3.8, 4) is 0 Å². The molecule has 2 N–H and O–H groups in total. The Morgan fingerprint density at radius 3 is 2.65 bits per heavy atom. The largest absolute Gasteiger partial charge is 0.342 e. The van der Waals surface area contributed by atoms with Crippen molar-refractivity contribution in [2.75, 3.05) is 0 Å². The average Bonchev–Trinajstić information content (AvgIpc) is 3.28. The fourth-order valence-electron chi connectivity index (χ4n) is 2.98. The number of para-hydroxylation sites is 2. The van der Waals surface area contributed by atoms with E-state index in [4.69, 9.17) is 0 Å². The molecule has 4 rings (SSSR count). The Bertz CT molecular complexity index is 1000. The van der Waals surface area contributed by atoms with Crippen LogP contribution in [0.2, 0.25) is 0 Å². The summed E-state index contributed by atoms with van der Waals surface area (Å²) in [6.07, 6.45) is 3.91. The number of rotatable bonds is 5. The number of aromatic amines is 1. The Hall–Kier alpha value is -3.41. The van der Waals surface area contributed by atoms with Gasteiger partial charge >= 0.3 is 0 Å². The van der Waals surface area contributed by atoms with Gasteiger partial charge in [-0.2, -0.15) is 5.10 Å². The number of hydrogen-bond donors (Lipinski definition) is 2. The number of H-pyrrole nitrogens is 1. The van der Waals surface area contributed by atoms with Crippen LogP contribution in [0.4, 0.5) is 0 Å². The number of nitrogens with zero attached hydrogens (tertiary/aromatic N) is 3. The molecule has 0 aliphatic carbocycles. The molecule has 0 spiro atoms. The molecule has 0 radical (unpaired) electrons. The van der Waals surface area contributed by atoms with Gasteiger partial charge in [0.1, 0.15) is 5.82 Å². The van der Waals surface area contributed by atoms with Crippen LogP contribution in [0.1, 0.15) is 27.8 Å². The highest BCUT2D eigenvalue weighted by Crippen LogP contribution is 2.20. The zero-order valence-corrected chi connectivity index (χ0v) is 14.4. The number of fused-ring (bicyclic) bond motifs is 1. The topological polar surface area (TPSA) is 75.6 Å². The van der Waals surface area contributed by atoms with Crippen LogP contribution in [-0.4, -0.2) is 25.7 Å². The van der Waals surface area contributed by atoms with Crippen LogP contribution in [0.25, 0.3) is 11.0 Å². The molecule has 2 aromatic carbocycles. The van der Waals surface area contributed by atoms with Crippen molar-refractivity contribution < 1.29 is 4.79 Å². The van der Waals surface area contributed by atoms with Gasteiger partial charge in [0.05, 0.1) is 28.8 Å². The predicted octanol–water partition coefficient (Wildman–Crippen LogP) is 3.01. The lowest BCUT2D eigenvalue weighted by molar-refractivity contribution is 0.0935. The molecule has 0 aliphatic heterocycles. The van der Waals surface area contributed by atoms with Crippen LogP contribution in [0.15, 0.2) is 67.0 Å². The number of amides is 1.